The van der Waals surface area contributed by atoms with E-state index in [0.29, 0.717) is 5.75 Å². The lowest BCUT2D eigenvalue weighted by atomic mass is 10.1. The molecule has 2 rings (SSSR count). The molecule has 24 heavy (non-hydrogen) atoms. The predicted molar refractivity (Wildman–Crippen MR) is 94.9 cm³/mol. The van der Waals surface area contributed by atoms with E-state index in [2.05, 4.69) is 10.5 Å². The molecule has 0 fully saturated rings. The molecule has 0 heterocycles. The summed E-state index contributed by atoms with van der Waals surface area (Å²) < 4.78 is 10.7. The largest absolute Gasteiger partial charge is 0.496 e. The van der Waals surface area contributed by atoms with Crippen LogP contribution in [0.25, 0.3) is 0 Å². The van der Waals surface area contributed by atoms with Crippen molar-refractivity contribution in [3.63, 3.8) is 0 Å². The topological polar surface area (TPSA) is 59.9 Å². The second-order valence-corrected chi connectivity index (χ2v) is 5.58. The summed E-state index contributed by atoms with van der Waals surface area (Å²) in [7, 11) is 1.63. The Bertz CT molecular complexity index is 754. The number of benzene rings is 2. The Morgan fingerprint density at radius 3 is 2.46 bits per heavy atom. The summed E-state index contributed by atoms with van der Waals surface area (Å²) in [6.45, 7) is 5.83. The number of ether oxygens (including phenoxy) is 2. The van der Waals surface area contributed by atoms with Gasteiger partial charge in [0.1, 0.15) is 11.5 Å². The van der Waals surface area contributed by atoms with Crippen molar-refractivity contribution in [3.8, 4) is 11.5 Å². The number of aryl methyl sites for hydroxylation is 3. The van der Waals surface area contributed by atoms with Crippen LogP contribution in [0, 0.1) is 20.8 Å². The van der Waals surface area contributed by atoms with Gasteiger partial charge in [0.15, 0.2) is 6.61 Å². The first-order valence-electron chi connectivity index (χ1n) is 7.66. The summed E-state index contributed by atoms with van der Waals surface area (Å²) in [5.74, 6) is 1.21. The molecule has 5 nitrogen and oxygen atoms in total. The Kier molecular flexibility index (Phi) is 5.95. The molecule has 2 aromatic carbocycles. The summed E-state index contributed by atoms with van der Waals surface area (Å²) in [6.07, 6.45) is 1.58. The third-order valence-corrected chi connectivity index (χ3v) is 3.51. The molecule has 0 atom stereocenters. The SMILES string of the molecule is COc1ccc(/C=N/NC(=O)COc2ccc(C)cc2C)cc1C. The third-order valence-electron chi connectivity index (χ3n) is 3.51. The molecule has 0 bridgehead atoms. The van der Waals surface area contributed by atoms with Gasteiger partial charge in [0.2, 0.25) is 0 Å². The van der Waals surface area contributed by atoms with Gasteiger partial charge in [-0.2, -0.15) is 5.10 Å². The Labute approximate surface area is 142 Å². The zero-order chi connectivity index (χ0) is 17.5. The summed E-state index contributed by atoms with van der Waals surface area (Å²) in [5, 5.41) is 3.94. The summed E-state index contributed by atoms with van der Waals surface area (Å²) in [5.41, 5.74) is 6.49. The maximum absolute atomic E-state index is 11.8. The van der Waals surface area contributed by atoms with Crippen molar-refractivity contribution in [2.24, 2.45) is 5.10 Å². The molecule has 0 aliphatic heterocycles. The van der Waals surface area contributed by atoms with Gasteiger partial charge >= 0.3 is 0 Å². The highest BCUT2D eigenvalue weighted by Crippen LogP contribution is 2.18. The number of methoxy groups -OCH3 is 1. The molecule has 0 saturated carbocycles. The normalized spacial score (nSPS) is 10.7. The van der Waals surface area contributed by atoms with Gasteiger partial charge in [-0.25, -0.2) is 5.43 Å². The van der Waals surface area contributed by atoms with Crippen LogP contribution in [0.5, 0.6) is 11.5 Å². The number of amides is 1. The van der Waals surface area contributed by atoms with Gasteiger partial charge in [0, 0.05) is 0 Å². The molecule has 1 N–H and O–H groups in total. The molecule has 0 aromatic heterocycles. The molecular formula is C19H22N2O3. The molecule has 0 aliphatic rings. The smallest absolute Gasteiger partial charge is 0.277 e. The van der Waals surface area contributed by atoms with E-state index in [1.165, 1.54) is 0 Å². The van der Waals surface area contributed by atoms with Crippen LogP contribution in [-0.4, -0.2) is 25.8 Å². The van der Waals surface area contributed by atoms with Crippen LogP contribution in [0.2, 0.25) is 0 Å². The number of hydrogen-bond donors (Lipinski definition) is 1. The number of nitrogens with zero attached hydrogens (tertiary/aromatic N) is 1. The van der Waals surface area contributed by atoms with Crippen LogP contribution >= 0.6 is 0 Å². The molecule has 1 amide bonds. The first-order chi connectivity index (χ1) is 11.5. The van der Waals surface area contributed by atoms with Crippen molar-refractivity contribution in [3.05, 3.63) is 58.7 Å². The van der Waals surface area contributed by atoms with Crippen molar-refractivity contribution in [1.29, 1.82) is 0 Å². The highest BCUT2D eigenvalue weighted by atomic mass is 16.5. The van der Waals surface area contributed by atoms with Gasteiger partial charge in [-0.1, -0.05) is 17.7 Å². The van der Waals surface area contributed by atoms with Crippen LogP contribution in [0.15, 0.2) is 41.5 Å². The standard InChI is InChI=1S/C19H22N2O3/c1-13-5-7-18(14(2)9-13)24-12-19(22)21-20-11-16-6-8-17(23-4)15(3)10-16/h5-11H,12H2,1-4H3,(H,21,22)/b20-11+. The van der Waals surface area contributed by atoms with E-state index >= 15 is 0 Å². The van der Waals surface area contributed by atoms with Gasteiger partial charge < -0.3 is 9.47 Å². The number of hydrazone groups is 1. The molecule has 0 radical (unpaired) electrons. The Morgan fingerprint density at radius 2 is 1.79 bits per heavy atom. The first-order valence-corrected chi connectivity index (χ1v) is 7.66. The number of hydrogen-bond acceptors (Lipinski definition) is 4. The molecule has 5 heteroatoms. The van der Waals surface area contributed by atoms with E-state index in [9.17, 15) is 4.79 Å². The lowest BCUT2D eigenvalue weighted by molar-refractivity contribution is -0.123. The molecule has 126 valence electrons. The molecule has 0 unspecified atom stereocenters. The zero-order valence-electron chi connectivity index (χ0n) is 14.4. The fourth-order valence-electron chi connectivity index (χ4n) is 2.30. The molecule has 0 spiro atoms. The number of nitrogens with one attached hydrogen (secondary N) is 1. The Hall–Kier alpha value is -2.82. The Balaban J connectivity index is 1.85. The number of carbonyl (C=O) groups is 1. The second-order valence-electron chi connectivity index (χ2n) is 5.58. The van der Waals surface area contributed by atoms with E-state index in [0.717, 1.165) is 28.0 Å². The van der Waals surface area contributed by atoms with Gasteiger partial charge in [0.05, 0.1) is 13.3 Å². The quantitative estimate of drug-likeness (QED) is 0.655. The highest BCUT2D eigenvalue weighted by Gasteiger charge is 2.04. The molecule has 2 aromatic rings. The minimum atomic E-state index is -0.309. The van der Waals surface area contributed by atoms with Crippen LogP contribution in [-0.2, 0) is 4.79 Å². The zero-order valence-corrected chi connectivity index (χ0v) is 14.4. The molecule has 0 saturated heterocycles. The summed E-state index contributed by atoms with van der Waals surface area (Å²) in [4.78, 5) is 11.8. The van der Waals surface area contributed by atoms with E-state index in [1.807, 2.05) is 57.2 Å². The minimum Gasteiger partial charge on any atom is -0.496 e. The lowest BCUT2D eigenvalue weighted by Crippen LogP contribution is -2.24. The highest BCUT2D eigenvalue weighted by molar-refractivity contribution is 5.83. The van der Waals surface area contributed by atoms with E-state index in [1.54, 1.807) is 13.3 Å². The van der Waals surface area contributed by atoms with Crippen LogP contribution < -0.4 is 14.9 Å². The van der Waals surface area contributed by atoms with Gasteiger partial charge in [-0.3, -0.25) is 4.79 Å². The summed E-state index contributed by atoms with van der Waals surface area (Å²) in [6, 6.07) is 11.5. The number of rotatable bonds is 6. The van der Waals surface area contributed by atoms with Gasteiger partial charge in [-0.05, 0) is 61.7 Å². The second kappa shape index (κ2) is 8.15. The fourth-order valence-corrected chi connectivity index (χ4v) is 2.30. The Morgan fingerprint density at radius 1 is 1.08 bits per heavy atom. The van der Waals surface area contributed by atoms with E-state index < -0.39 is 0 Å². The average molecular weight is 326 g/mol. The van der Waals surface area contributed by atoms with Crippen molar-refractivity contribution in [2.45, 2.75) is 20.8 Å². The van der Waals surface area contributed by atoms with Crippen LogP contribution in [0.4, 0.5) is 0 Å². The van der Waals surface area contributed by atoms with Gasteiger partial charge in [-0.15, -0.1) is 0 Å². The fraction of sp³-hybridized carbons (Fsp3) is 0.263. The van der Waals surface area contributed by atoms with E-state index in [-0.39, 0.29) is 12.5 Å². The van der Waals surface area contributed by atoms with Crippen LogP contribution in [0.3, 0.4) is 0 Å². The van der Waals surface area contributed by atoms with E-state index in [4.69, 9.17) is 9.47 Å². The third kappa shape index (κ3) is 4.84. The lowest BCUT2D eigenvalue weighted by Gasteiger charge is -2.08. The van der Waals surface area contributed by atoms with Gasteiger partial charge in [0.25, 0.3) is 5.91 Å². The van der Waals surface area contributed by atoms with Crippen LogP contribution in [0.1, 0.15) is 22.3 Å². The minimum absolute atomic E-state index is 0.0805. The maximum Gasteiger partial charge on any atom is 0.277 e. The molecule has 0 aliphatic carbocycles. The first kappa shape index (κ1) is 17.5. The average Bonchev–Trinajstić information content (AvgIpc) is 2.54. The van der Waals surface area contributed by atoms with Crippen molar-refractivity contribution >= 4 is 12.1 Å². The monoisotopic (exact) mass is 326 g/mol. The summed E-state index contributed by atoms with van der Waals surface area (Å²) >= 11 is 0. The predicted octanol–water partition coefficient (Wildman–Crippen LogP) is 3.15. The van der Waals surface area contributed by atoms with Crippen molar-refractivity contribution in [2.75, 3.05) is 13.7 Å². The molecular weight excluding hydrogens is 304 g/mol. The number of carbonyl (C=O) groups excluding carboxylic acids is 1. The maximum atomic E-state index is 11.8. The van der Waals surface area contributed by atoms with Crippen molar-refractivity contribution in [1.82, 2.24) is 5.43 Å². The van der Waals surface area contributed by atoms with Crippen molar-refractivity contribution < 1.29 is 14.3 Å².